The smallest absolute Gasteiger partial charge is 0.277 e. The largest absolute Gasteiger partial charge is 0.456 e. The van der Waals surface area contributed by atoms with Crippen LogP contribution in [0.1, 0.15) is 0 Å². The Morgan fingerprint density at radius 3 is 2.05 bits per heavy atom. The van der Waals surface area contributed by atoms with Crippen molar-refractivity contribution in [3.8, 4) is 33.8 Å². The van der Waals surface area contributed by atoms with E-state index in [4.69, 9.17) is 4.74 Å². The van der Waals surface area contributed by atoms with Gasteiger partial charge in [-0.2, -0.15) is 0 Å². The summed E-state index contributed by atoms with van der Waals surface area (Å²) >= 11 is 0. The van der Waals surface area contributed by atoms with Gasteiger partial charge in [0.15, 0.2) is 0 Å². The molecule has 0 aliphatic carbocycles. The van der Waals surface area contributed by atoms with Crippen molar-refractivity contribution >= 4 is 5.69 Å². The Labute approximate surface area is 126 Å². The summed E-state index contributed by atoms with van der Waals surface area (Å²) in [7, 11) is 0. The average Bonchev–Trinajstić information content (AvgIpc) is 2.69. The molecule has 0 unspecified atom stereocenters. The van der Waals surface area contributed by atoms with Gasteiger partial charge in [0, 0.05) is 22.8 Å². The van der Waals surface area contributed by atoms with Crippen molar-refractivity contribution in [3.63, 3.8) is 0 Å². The molecular formula is C18H11NO3. The number of ether oxygens (including phenoxy) is 1. The van der Waals surface area contributed by atoms with Crippen molar-refractivity contribution < 1.29 is 9.66 Å². The van der Waals surface area contributed by atoms with Crippen LogP contribution < -0.4 is 4.74 Å². The molecule has 22 heavy (non-hydrogen) atoms. The number of nitrogens with zero attached hydrogens (tertiary/aromatic N) is 1. The Morgan fingerprint density at radius 1 is 0.727 bits per heavy atom. The van der Waals surface area contributed by atoms with Crippen molar-refractivity contribution in [2.75, 3.05) is 0 Å². The first kappa shape index (κ1) is 12.6. The number of nitro benzene ring substituents is 1. The molecule has 4 heteroatoms. The Morgan fingerprint density at radius 2 is 1.32 bits per heavy atom. The molecule has 0 fully saturated rings. The lowest BCUT2D eigenvalue weighted by molar-refractivity contribution is -0.384. The summed E-state index contributed by atoms with van der Waals surface area (Å²) in [6.45, 7) is 0. The van der Waals surface area contributed by atoms with Gasteiger partial charge in [-0.25, -0.2) is 0 Å². The lowest BCUT2D eigenvalue weighted by Crippen LogP contribution is -1.93. The maximum atomic E-state index is 11.5. The maximum absolute atomic E-state index is 11.5. The average molecular weight is 289 g/mol. The number of hydrogen-bond donors (Lipinski definition) is 0. The van der Waals surface area contributed by atoms with Gasteiger partial charge < -0.3 is 4.74 Å². The van der Waals surface area contributed by atoms with Gasteiger partial charge in [0.2, 0.25) is 0 Å². The van der Waals surface area contributed by atoms with Gasteiger partial charge in [-0.15, -0.1) is 0 Å². The Bertz CT molecular complexity index is 902. The Hall–Kier alpha value is -3.14. The van der Waals surface area contributed by atoms with Gasteiger partial charge in [-0.05, 0) is 12.1 Å². The maximum Gasteiger partial charge on any atom is 0.277 e. The summed E-state index contributed by atoms with van der Waals surface area (Å²) in [6, 6.07) is 20.1. The van der Waals surface area contributed by atoms with Crippen LogP contribution >= 0.6 is 0 Å². The molecule has 4 nitrogen and oxygen atoms in total. The van der Waals surface area contributed by atoms with E-state index in [-0.39, 0.29) is 10.6 Å². The lowest BCUT2D eigenvalue weighted by Gasteiger charge is -2.08. The van der Waals surface area contributed by atoms with Gasteiger partial charge in [0.1, 0.15) is 11.5 Å². The molecule has 0 saturated carbocycles. The topological polar surface area (TPSA) is 52.4 Å². The summed E-state index contributed by atoms with van der Waals surface area (Å²) in [6.07, 6.45) is 0. The van der Waals surface area contributed by atoms with Crippen LogP contribution in [0.4, 0.5) is 5.69 Å². The highest BCUT2D eigenvalue weighted by Gasteiger charge is 2.26. The van der Waals surface area contributed by atoms with E-state index in [0.29, 0.717) is 17.1 Å². The molecule has 0 bridgehead atoms. The van der Waals surface area contributed by atoms with Crippen molar-refractivity contribution in [1.82, 2.24) is 0 Å². The fraction of sp³-hybridized carbons (Fsp3) is 0. The Balaban J connectivity index is 2.17. The van der Waals surface area contributed by atoms with Crippen LogP contribution in [0.5, 0.6) is 11.5 Å². The fourth-order valence-electron chi connectivity index (χ4n) is 2.86. The van der Waals surface area contributed by atoms with E-state index in [1.165, 1.54) is 6.07 Å². The molecule has 106 valence electrons. The van der Waals surface area contributed by atoms with Crippen molar-refractivity contribution in [2.45, 2.75) is 0 Å². The first-order valence-electron chi connectivity index (χ1n) is 6.90. The van der Waals surface area contributed by atoms with Gasteiger partial charge in [-0.3, -0.25) is 10.1 Å². The molecule has 1 aliphatic rings. The monoisotopic (exact) mass is 289 g/mol. The highest BCUT2D eigenvalue weighted by Crippen LogP contribution is 2.49. The fourth-order valence-corrected chi connectivity index (χ4v) is 2.86. The quantitative estimate of drug-likeness (QED) is 0.364. The van der Waals surface area contributed by atoms with Gasteiger partial charge >= 0.3 is 0 Å². The van der Waals surface area contributed by atoms with E-state index in [2.05, 4.69) is 0 Å². The normalized spacial score (nSPS) is 11.5. The summed E-state index contributed by atoms with van der Waals surface area (Å²) < 4.78 is 6.00. The molecule has 0 amide bonds. The minimum Gasteiger partial charge on any atom is -0.456 e. The van der Waals surface area contributed by atoms with E-state index in [1.54, 1.807) is 6.07 Å². The third-order valence-electron chi connectivity index (χ3n) is 3.79. The minimum atomic E-state index is -0.344. The molecule has 1 heterocycles. The van der Waals surface area contributed by atoms with Crippen LogP contribution in [-0.2, 0) is 0 Å². The first-order chi connectivity index (χ1) is 10.8. The van der Waals surface area contributed by atoms with Crippen LogP contribution in [0.2, 0.25) is 0 Å². The van der Waals surface area contributed by atoms with Crippen LogP contribution in [0.3, 0.4) is 0 Å². The van der Waals surface area contributed by atoms with Gasteiger partial charge in [0.05, 0.1) is 10.5 Å². The predicted octanol–water partition coefficient (Wildman–Crippen LogP) is 5.03. The van der Waals surface area contributed by atoms with Gasteiger partial charge in [0.25, 0.3) is 5.69 Å². The number of rotatable bonds is 1. The first-order valence-corrected chi connectivity index (χ1v) is 6.90. The molecule has 0 spiro atoms. The second kappa shape index (κ2) is 4.70. The molecule has 3 aromatic rings. The lowest BCUT2D eigenvalue weighted by atomic mass is 9.93. The molecule has 0 saturated heterocycles. The molecular weight excluding hydrogens is 278 g/mol. The number of para-hydroxylation sites is 2. The Kier molecular flexibility index (Phi) is 2.69. The molecule has 0 aromatic heterocycles. The van der Waals surface area contributed by atoms with Gasteiger partial charge in [-0.1, -0.05) is 48.5 Å². The number of nitro groups is 1. The second-order valence-corrected chi connectivity index (χ2v) is 5.05. The third kappa shape index (κ3) is 1.78. The molecule has 3 aromatic carbocycles. The summed E-state index contributed by atoms with van der Waals surface area (Å²) in [5.74, 6) is 1.33. The van der Waals surface area contributed by atoms with Crippen LogP contribution in [0.25, 0.3) is 22.3 Å². The zero-order chi connectivity index (χ0) is 15.1. The summed E-state index contributed by atoms with van der Waals surface area (Å²) in [5.41, 5.74) is 3.10. The van der Waals surface area contributed by atoms with Crippen LogP contribution in [0, 0.1) is 10.1 Å². The molecule has 0 atom stereocenters. The molecule has 1 aliphatic heterocycles. The number of fused-ring (bicyclic) bond motifs is 5. The molecule has 0 N–H and O–H groups in total. The van der Waals surface area contributed by atoms with Crippen molar-refractivity contribution in [3.05, 3.63) is 76.8 Å². The van der Waals surface area contributed by atoms with E-state index in [0.717, 1.165) is 16.7 Å². The highest BCUT2D eigenvalue weighted by atomic mass is 16.6. The molecule has 4 rings (SSSR count). The van der Waals surface area contributed by atoms with Crippen molar-refractivity contribution in [2.24, 2.45) is 0 Å². The van der Waals surface area contributed by atoms with Crippen LogP contribution in [-0.4, -0.2) is 4.92 Å². The van der Waals surface area contributed by atoms with Crippen molar-refractivity contribution in [1.29, 1.82) is 0 Å². The predicted molar refractivity (Wildman–Crippen MR) is 84.0 cm³/mol. The summed E-state index contributed by atoms with van der Waals surface area (Å²) in [5, 5.41) is 11.5. The van der Waals surface area contributed by atoms with E-state index in [9.17, 15) is 10.1 Å². The minimum absolute atomic E-state index is 0.0882. The number of hydrogen-bond acceptors (Lipinski definition) is 3. The van der Waals surface area contributed by atoms with E-state index in [1.807, 2.05) is 54.6 Å². The third-order valence-corrected chi connectivity index (χ3v) is 3.79. The molecule has 0 radical (unpaired) electrons. The zero-order valence-corrected chi connectivity index (χ0v) is 11.5. The summed E-state index contributed by atoms with van der Waals surface area (Å²) in [4.78, 5) is 11.1. The zero-order valence-electron chi connectivity index (χ0n) is 11.5. The standard InChI is InChI=1S/C18H11NO3/c20-19(21)15-9-5-8-13-12-6-1-3-10-16(12)22-17-11-4-2-7-14(17)18(13)15/h1-11H. The van der Waals surface area contributed by atoms with E-state index >= 15 is 0 Å². The number of benzene rings is 3. The van der Waals surface area contributed by atoms with E-state index < -0.39 is 0 Å². The second-order valence-electron chi connectivity index (χ2n) is 5.05. The SMILES string of the molecule is O=[N+]([O-])c1cccc2c1-c1ccccc1Oc1ccccc1-2. The highest BCUT2D eigenvalue weighted by molar-refractivity contribution is 5.95. The van der Waals surface area contributed by atoms with Crippen LogP contribution in [0.15, 0.2) is 66.7 Å².